The first-order valence-corrected chi connectivity index (χ1v) is 14.2. The molecule has 2 aliphatic rings. The molecule has 5 rings (SSSR count). The number of hydrogen-bond donors (Lipinski definition) is 4. The van der Waals surface area contributed by atoms with Gasteiger partial charge in [-0.3, -0.25) is 9.13 Å². The van der Waals surface area contributed by atoms with E-state index in [1.165, 1.54) is 33.0 Å². The van der Waals surface area contributed by atoms with Crippen molar-refractivity contribution in [3.8, 4) is 0 Å². The van der Waals surface area contributed by atoms with Gasteiger partial charge in [0, 0.05) is 12.4 Å². The number of hydrogen-bond acceptors (Lipinski definition) is 15. The molecule has 3 aromatic rings. The Labute approximate surface area is 267 Å². The number of nitrogens with one attached hydrogen (secondary N) is 1. The molecular weight excluding hydrogens is 658 g/mol. The summed E-state index contributed by atoms with van der Waals surface area (Å²) in [4.78, 5) is 44.4. The lowest BCUT2D eigenvalue weighted by Crippen LogP contribution is -2.45. The van der Waals surface area contributed by atoms with Gasteiger partial charge in [0.15, 0.2) is 6.10 Å². The third-order valence-electron chi connectivity index (χ3n) is 7.11. The molecule has 6 atom stereocenters. The number of nitrogens with two attached hydrogens (primary N) is 1. The first-order chi connectivity index (χ1) is 22.4. The number of carbonyl (C=O) groups is 1. The van der Waals surface area contributed by atoms with E-state index in [0.29, 0.717) is 9.13 Å². The number of alkyl halides is 4. The van der Waals surface area contributed by atoms with E-state index in [2.05, 4.69) is 25.6 Å². The van der Waals surface area contributed by atoms with Crippen LogP contribution >= 0.6 is 0 Å². The van der Waals surface area contributed by atoms with Crippen LogP contribution in [0.15, 0.2) is 40.3 Å². The first kappa shape index (κ1) is 34.7. The highest BCUT2D eigenvalue weighted by molar-refractivity contribution is 5.61. The lowest BCUT2D eigenvalue weighted by Gasteiger charge is -2.26. The molecule has 2 fully saturated rings. The SMILES string of the molecule is CC(C)(C)OC(=O)O[C@@H]1[C@@H](Cn2cc(CNc3ccn([C@@H]4O[C@H](CO)[C@@H](O)C4(F)F)c(=O)n3)nn2)O[C@@H](n2ccc(N)nc2=O)C1(F)F. The number of halogens is 4. The number of carbonyl (C=O) groups excluding carboxylic acids is 1. The summed E-state index contributed by atoms with van der Waals surface area (Å²) < 4.78 is 82.9. The molecule has 0 aliphatic carbocycles. The van der Waals surface area contributed by atoms with Gasteiger partial charge in [0.2, 0.25) is 18.6 Å². The van der Waals surface area contributed by atoms with Crippen molar-refractivity contribution in [2.75, 3.05) is 17.7 Å². The number of anilines is 2. The van der Waals surface area contributed by atoms with Gasteiger partial charge in [-0.05, 0) is 32.9 Å². The zero-order valence-corrected chi connectivity index (χ0v) is 25.4. The molecule has 262 valence electrons. The van der Waals surface area contributed by atoms with Crippen LogP contribution in [0.5, 0.6) is 0 Å². The number of rotatable bonds is 9. The fourth-order valence-corrected chi connectivity index (χ4v) is 4.92. The molecule has 0 saturated carbocycles. The van der Waals surface area contributed by atoms with Crippen molar-refractivity contribution in [1.82, 2.24) is 34.1 Å². The van der Waals surface area contributed by atoms with Crippen LogP contribution in [-0.4, -0.2) is 98.9 Å². The summed E-state index contributed by atoms with van der Waals surface area (Å²) in [5.74, 6) is -8.14. The molecule has 2 saturated heterocycles. The number of aromatic nitrogens is 7. The fraction of sp³-hybridized carbons (Fsp3) is 0.577. The Hall–Kier alpha value is -4.67. The van der Waals surface area contributed by atoms with Crippen molar-refractivity contribution in [2.45, 2.75) is 88.2 Å². The molecule has 0 aromatic carbocycles. The summed E-state index contributed by atoms with van der Waals surface area (Å²) in [5.41, 5.74) is 2.31. The normalized spacial score (nSPS) is 26.4. The highest BCUT2D eigenvalue weighted by Gasteiger charge is 2.63. The molecule has 0 radical (unpaired) electrons. The summed E-state index contributed by atoms with van der Waals surface area (Å²) >= 11 is 0. The zero-order valence-electron chi connectivity index (χ0n) is 25.4. The van der Waals surface area contributed by atoms with E-state index in [1.54, 1.807) is 0 Å². The summed E-state index contributed by atoms with van der Waals surface area (Å²) in [5, 5.41) is 29.4. The largest absolute Gasteiger partial charge is 0.509 e. The second-order valence-electron chi connectivity index (χ2n) is 11.9. The molecule has 5 N–H and O–H groups in total. The quantitative estimate of drug-likeness (QED) is 0.171. The number of ether oxygens (including phenoxy) is 4. The molecule has 2 aliphatic heterocycles. The average Bonchev–Trinajstić information content (AvgIpc) is 3.60. The molecule has 0 bridgehead atoms. The first-order valence-electron chi connectivity index (χ1n) is 14.2. The van der Waals surface area contributed by atoms with E-state index >= 15 is 8.78 Å². The predicted octanol–water partition coefficient (Wildman–Crippen LogP) is 0.0249. The van der Waals surface area contributed by atoms with Crippen LogP contribution < -0.4 is 22.4 Å². The monoisotopic (exact) mass is 689 g/mol. The third kappa shape index (κ3) is 6.95. The standard InChI is InChI=1S/C26H31F4N9O9/c1-24(2,3)48-23(44)47-18-13(45-20(26(18,29)30)38-6-4-15(31)33-21(38)42)10-37-9-12(35-36-37)8-32-16-5-7-39(22(43)34-16)19-25(27,28)17(41)14(11-40)46-19/h4-7,9,13-14,17-20,40-41H,8,10-11H2,1-3H3,(H2,31,33,42)(H,32,34,43)/t13-,14-,17-,18-,19-,20-/m1/s1. The van der Waals surface area contributed by atoms with Gasteiger partial charge in [-0.1, -0.05) is 5.21 Å². The van der Waals surface area contributed by atoms with Crippen molar-refractivity contribution >= 4 is 17.8 Å². The Morgan fingerprint density at radius 1 is 1.04 bits per heavy atom. The van der Waals surface area contributed by atoms with Crippen molar-refractivity contribution in [1.29, 1.82) is 0 Å². The van der Waals surface area contributed by atoms with E-state index in [9.17, 15) is 28.3 Å². The van der Waals surface area contributed by atoms with Gasteiger partial charge < -0.3 is 40.2 Å². The minimum atomic E-state index is -3.97. The van der Waals surface area contributed by atoms with Crippen LogP contribution in [0.1, 0.15) is 38.9 Å². The molecule has 3 aromatic heterocycles. The number of aliphatic hydroxyl groups excluding tert-OH is 2. The van der Waals surface area contributed by atoms with Crippen molar-refractivity contribution < 1.29 is 51.5 Å². The Balaban J connectivity index is 1.29. The second-order valence-corrected chi connectivity index (χ2v) is 11.9. The van der Waals surface area contributed by atoms with Gasteiger partial charge in [-0.25, -0.2) is 19.1 Å². The summed E-state index contributed by atoms with van der Waals surface area (Å²) in [6.45, 7) is 3.03. The van der Waals surface area contributed by atoms with E-state index < -0.39 is 85.0 Å². The van der Waals surface area contributed by atoms with Gasteiger partial charge in [-0.2, -0.15) is 27.5 Å². The van der Waals surface area contributed by atoms with Crippen molar-refractivity contribution in [3.05, 3.63) is 57.4 Å². The van der Waals surface area contributed by atoms with Gasteiger partial charge >= 0.3 is 29.4 Å². The Bertz CT molecular complexity index is 1760. The van der Waals surface area contributed by atoms with Gasteiger partial charge in [-0.15, -0.1) is 5.10 Å². The molecule has 18 nitrogen and oxygen atoms in total. The number of nitrogen functional groups attached to an aromatic ring is 1. The summed E-state index contributed by atoms with van der Waals surface area (Å²) in [6.07, 6.45) is -10.4. The fourth-order valence-electron chi connectivity index (χ4n) is 4.92. The maximum absolute atomic E-state index is 15.7. The number of aliphatic hydroxyl groups is 2. The minimum Gasteiger partial charge on any atom is -0.429 e. The zero-order chi connectivity index (χ0) is 35.2. The van der Waals surface area contributed by atoms with Crippen LogP contribution in [0.4, 0.5) is 34.0 Å². The van der Waals surface area contributed by atoms with Gasteiger partial charge in [0.25, 0.3) is 0 Å². The lowest BCUT2D eigenvalue weighted by molar-refractivity contribution is -0.149. The smallest absolute Gasteiger partial charge is 0.429 e. The maximum atomic E-state index is 15.7. The van der Waals surface area contributed by atoms with E-state index in [1.807, 2.05) is 0 Å². The summed E-state index contributed by atoms with van der Waals surface area (Å²) in [6, 6.07) is 2.28. The minimum absolute atomic E-state index is 0.0682. The average molecular weight is 690 g/mol. The van der Waals surface area contributed by atoms with E-state index in [0.717, 1.165) is 23.1 Å². The van der Waals surface area contributed by atoms with E-state index in [-0.39, 0.29) is 23.9 Å². The van der Waals surface area contributed by atoms with Crippen LogP contribution in [-0.2, 0) is 32.0 Å². The molecular formula is C26H31F4N9O9. The van der Waals surface area contributed by atoms with Crippen LogP contribution in [0.2, 0.25) is 0 Å². The van der Waals surface area contributed by atoms with Crippen LogP contribution in [0.25, 0.3) is 0 Å². The van der Waals surface area contributed by atoms with E-state index in [4.69, 9.17) is 29.8 Å². The van der Waals surface area contributed by atoms with Crippen LogP contribution in [0, 0.1) is 0 Å². The second kappa shape index (κ2) is 12.7. The number of nitrogens with zero attached hydrogens (tertiary/aromatic N) is 7. The molecule has 48 heavy (non-hydrogen) atoms. The molecule has 0 amide bonds. The molecule has 0 unspecified atom stereocenters. The highest BCUT2D eigenvalue weighted by atomic mass is 19.3. The maximum Gasteiger partial charge on any atom is 0.509 e. The van der Waals surface area contributed by atoms with Gasteiger partial charge in [0.1, 0.15) is 35.1 Å². The predicted molar refractivity (Wildman–Crippen MR) is 151 cm³/mol. The molecule has 22 heteroatoms. The van der Waals surface area contributed by atoms with Crippen molar-refractivity contribution in [2.24, 2.45) is 0 Å². The highest BCUT2D eigenvalue weighted by Crippen LogP contribution is 2.45. The topological polar surface area (TPSA) is 233 Å². The van der Waals surface area contributed by atoms with Crippen LogP contribution in [0.3, 0.4) is 0 Å². The Kier molecular flexibility index (Phi) is 9.20. The third-order valence-corrected chi connectivity index (χ3v) is 7.11. The van der Waals surface area contributed by atoms with Crippen molar-refractivity contribution in [3.63, 3.8) is 0 Å². The summed E-state index contributed by atoms with van der Waals surface area (Å²) in [7, 11) is 0. The lowest BCUT2D eigenvalue weighted by atomic mass is 10.1. The molecule has 0 spiro atoms. The Morgan fingerprint density at radius 2 is 1.67 bits per heavy atom. The van der Waals surface area contributed by atoms with Gasteiger partial charge in [0.05, 0.1) is 25.9 Å². The Morgan fingerprint density at radius 3 is 2.27 bits per heavy atom. The molecule has 5 heterocycles.